The molecule has 0 aliphatic heterocycles. The normalized spacial score (nSPS) is 11.0. The van der Waals surface area contributed by atoms with E-state index in [0.29, 0.717) is 18.8 Å². The first-order chi connectivity index (χ1) is 11.6. The number of H-pyrrole nitrogens is 1. The van der Waals surface area contributed by atoms with Crippen LogP contribution in [0.5, 0.6) is 0 Å². The summed E-state index contributed by atoms with van der Waals surface area (Å²) < 4.78 is 0. The molecule has 0 saturated heterocycles. The molecule has 7 heteroatoms. The quantitative estimate of drug-likeness (QED) is 0.605. The fourth-order valence-corrected chi connectivity index (χ4v) is 2.34. The number of hydrogen-bond acceptors (Lipinski definition) is 5. The summed E-state index contributed by atoms with van der Waals surface area (Å²) in [6, 6.07) is 7.79. The van der Waals surface area contributed by atoms with Crippen molar-refractivity contribution in [3.8, 4) is 0 Å². The summed E-state index contributed by atoms with van der Waals surface area (Å²) in [6.07, 6.45) is 3.09. The highest BCUT2D eigenvalue weighted by Crippen LogP contribution is 2.17. The van der Waals surface area contributed by atoms with Gasteiger partial charge in [-0.05, 0) is 12.1 Å². The third kappa shape index (κ3) is 3.51. The van der Waals surface area contributed by atoms with Crippen molar-refractivity contribution in [1.82, 2.24) is 25.3 Å². The van der Waals surface area contributed by atoms with Gasteiger partial charge in [-0.2, -0.15) is 0 Å². The zero-order valence-electron chi connectivity index (χ0n) is 13.7. The number of para-hydroxylation sites is 1. The minimum atomic E-state index is -0.163. The largest absolute Gasteiger partial charge is 0.368 e. The Kier molecular flexibility index (Phi) is 4.69. The highest BCUT2D eigenvalue weighted by Gasteiger charge is 2.10. The number of carbonyl (C=O) groups is 1. The van der Waals surface area contributed by atoms with Gasteiger partial charge in [0.15, 0.2) is 0 Å². The van der Waals surface area contributed by atoms with E-state index in [1.807, 2.05) is 38.1 Å². The lowest BCUT2D eigenvalue weighted by Crippen LogP contribution is -2.29. The van der Waals surface area contributed by atoms with Gasteiger partial charge in [0.1, 0.15) is 23.7 Å². The van der Waals surface area contributed by atoms with E-state index in [2.05, 4.69) is 30.6 Å². The van der Waals surface area contributed by atoms with E-state index in [4.69, 9.17) is 0 Å². The highest BCUT2D eigenvalue weighted by molar-refractivity contribution is 5.92. The fourth-order valence-electron chi connectivity index (χ4n) is 2.34. The lowest BCUT2D eigenvalue weighted by molar-refractivity contribution is 0.0950. The zero-order chi connectivity index (χ0) is 16.9. The van der Waals surface area contributed by atoms with Crippen molar-refractivity contribution < 1.29 is 4.79 Å². The highest BCUT2D eigenvalue weighted by atomic mass is 16.1. The molecule has 0 saturated carbocycles. The van der Waals surface area contributed by atoms with Gasteiger partial charge in [0.05, 0.1) is 11.7 Å². The van der Waals surface area contributed by atoms with Gasteiger partial charge in [-0.25, -0.2) is 15.0 Å². The molecule has 2 heterocycles. The van der Waals surface area contributed by atoms with Crippen LogP contribution in [-0.2, 0) is 0 Å². The molecule has 0 fully saturated rings. The second kappa shape index (κ2) is 7.08. The van der Waals surface area contributed by atoms with Gasteiger partial charge in [0, 0.05) is 24.4 Å². The summed E-state index contributed by atoms with van der Waals surface area (Å²) in [5.74, 6) is 1.67. The van der Waals surface area contributed by atoms with E-state index in [1.54, 1.807) is 6.20 Å². The molecular formula is C17H20N6O. The predicted molar refractivity (Wildman–Crippen MR) is 93.0 cm³/mol. The Bertz CT molecular complexity index is 836. The molecule has 0 bridgehead atoms. The third-order valence-corrected chi connectivity index (χ3v) is 3.63. The number of nitrogens with zero attached hydrogens (tertiary/aromatic N) is 3. The summed E-state index contributed by atoms with van der Waals surface area (Å²) in [4.78, 5) is 27.8. The fraction of sp³-hybridized carbons (Fsp3) is 0.294. The lowest BCUT2D eigenvalue weighted by atomic mass is 10.2. The number of aromatic amines is 1. The molecule has 0 aliphatic rings. The summed E-state index contributed by atoms with van der Waals surface area (Å²) >= 11 is 0. The molecule has 0 spiro atoms. The number of hydrogen-bond donors (Lipinski definition) is 3. The van der Waals surface area contributed by atoms with E-state index in [-0.39, 0.29) is 11.8 Å². The Morgan fingerprint density at radius 2 is 2.00 bits per heavy atom. The first-order valence-corrected chi connectivity index (χ1v) is 7.92. The van der Waals surface area contributed by atoms with Crippen molar-refractivity contribution in [2.45, 2.75) is 19.8 Å². The molecule has 0 atom stereocenters. The van der Waals surface area contributed by atoms with E-state index in [9.17, 15) is 4.79 Å². The minimum absolute atomic E-state index is 0.163. The Morgan fingerprint density at radius 3 is 2.79 bits per heavy atom. The molecule has 0 aliphatic carbocycles. The van der Waals surface area contributed by atoms with Crippen molar-refractivity contribution in [1.29, 1.82) is 0 Å². The SMILES string of the molecule is CC(C)c1ncc(C(=O)NCCNc2ncnc3ccccc23)[nH]1. The molecule has 0 unspecified atom stereocenters. The number of carbonyl (C=O) groups excluding carboxylic acids is 1. The number of aromatic nitrogens is 4. The maximum absolute atomic E-state index is 12.1. The molecule has 1 aromatic carbocycles. The second-order valence-corrected chi connectivity index (χ2v) is 5.76. The van der Waals surface area contributed by atoms with E-state index in [1.165, 1.54) is 6.33 Å². The van der Waals surface area contributed by atoms with Crippen LogP contribution in [0.3, 0.4) is 0 Å². The van der Waals surface area contributed by atoms with Crippen LogP contribution >= 0.6 is 0 Å². The van der Waals surface area contributed by atoms with Gasteiger partial charge in [-0.3, -0.25) is 4.79 Å². The van der Waals surface area contributed by atoms with Crippen molar-refractivity contribution >= 4 is 22.6 Å². The smallest absolute Gasteiger partial charge is 0.269 e. The first-order valence-electron chi connectivity index (χ1n) is 7.92. The third-order valence-electron chi connectivity index (χ3n) is 3.63. The second-order valence-electron chi connectivity index (χ2n) is 5.76. The maximum atomic E-state index is 12.1. The Morgan fingerprint density at radius 1 is 1.17 bits per heavy atom. The van der Waals surface area contributed by atoms with Gasteiger partial charge in [-0.15, -0.1) is 0 Å². The van der Waals surface area contributed by atoms with E-state index >= 15 is 0 Å². The molecular weight excluding hydrogens is 304 g/mol. The van der Waals surface area contributed by atoms with Crippen LogP contribution in [0, 0.1) is 0 Å². The van der Waals surface area contributed by atoms with E-state index in [0.717, 1.165) is 22.5 Å². The predicted octanol–water partition coefficient (Wildman–Crippen LogP) is 2.32. The van der Waals surface area contributed by atoms with Gasteiger partial charge >= 0.3 is 0 Å². The standard InChI is InChI=1S/C17H20N6O/c1-11(2)15-20-9-14(23-15)17(24)19-8-7-18-16-12-5-3-4-6-13(12)21-10-22-16/h3-6,9-11H,7-8H2,1-2H3,(H,19,24)(H,20,23)(H,18,21,22). The summed E-state index contributed by atoms with van der Waals surface area (Å²) in [5, 5.41) is 7.04. The lowest BCUT2D eigenvalue weighted by Gasteiger charge is -2.08. The van der Waals surface area contributed by atoms with Crippen molar-refractivity contribution in [3.05, 3.63) is 48.3 Å². The summed E-state index contributed by atoms with van der Waals surface area (Å²) in [7, 11) is 0. The molecule has 0 radical (unpaired) electrons. The molecule has 2 aromatic heterocycles. The van der Waals surface area contributed by atoms with Crippen LogP contribution in [-0.4, -0.2) is 38.9 Å². The van der Waals surface area contributed by atoms with Gasteiger partial charge in [0.2, 0.25) is 0 Å². The van der Waals surface area contributed by atoms with Gasteiger partial charge in [0.25, 0.3) is 5.91 Å². The molecule has 7 nitrogen and oxygen atoms in total. The first kappa shape index (κ1) is 15.9. The summed E-state index contributed by atoms with van der Waals surface area (Å²) in [6.45, 7) is 5.10. The van der Waals surface area contributed by atoms with Crippen LogP contribution in [0.25, 0.3) is 10.9 Å². The number of rotatable bonds is 6. The number of imidazole rings is 1. The minimum Gasteiger partial charge on any atom is -0.368 e. The van der Waals surface area contributed by atoms with Crippen LogP contribution in [0.2, 0.25) is 0 Å². The number of amides is 1. The molecule has 124 valence electrons. The van der Waals surface area contributed by atoms with Crippen molar-refractivity contribution in [3.63, 3.8) is 0 Å². The maximum Gasteiger partial charge on any atom is 0.269 e. The Balaban J connectivity index is 1.53. The number of fused-ring (bicyclic) bond motifs is 1. The topological polar surface area (TPSA) is 95.6 Å². The average Bonchev–Trinajstić information content (AvgIpc) is 3.09. The molecule has 3 aromatic rings. The molecule has 1 amide bonds. The Hall–Kier alpha value is -2.96. The monoisotopic (exact) mass is 324 g/mol. The van der Waals surface area contributed by atoms with Crippen molar-refractivity contribution in [2.24, 2.45) is 0 Å². The number of anilines is 1. The van der Waals surface area contributed by atoms with Crippen LogP contribution in [0.4, 0.5) is 5.82 Å². The van der Waals surface area contributed by atoms with Crippen LogP contribution in [0.1, 0.15) is 36.1 Å². The van der Waals surface area contributed by atoms with Gasteiger partial charge < -0.3 is 15.6 Å². The Labute approximate surface area is 139 Å². The van der Waals surface area contributed by atoms with Crippen molar-refractivity contribution in [2.75, 3.05) is 18.4 Å². The zero-order valence-corrected chi connectivity index (χ0v) is 13.7. The average molecular weight is 324 g/mol. The van der Waals surface area contributed by atoms with E-state index < -0.39 is 0 Å². The van der Waals surface area contributed by atoms with Gasteiger partial charge in [-0.1, -0.05) is 26.0 Å². The summed E-state index contributed by atoms with van der Waals surface area (Å²) in [5.41, 5.74) is 1.36. The van der Waals surface area contributed by atoms with Crippen LogP contribution in [0.15, 0.2) is 36.8 Å². The molecule has 3 rings (SSSR count). The molecule has 24 heavy (non-hydrogen) atoms. The molecule has 3 N–H and O–H groups in total. The number of benzene rings is 1. The number of nitrogens with one attached hydrogen (secondary N) is 3. The van der Waals surface area contributed by atoms with Crippen LogP contribution < -0.4 is 10.6 Å².